The molecule has 1 saturated heterocycles. The van der Waals surface area contributed by atoms with Gasteiger partial charge in [0.15, 0.2) is 0 Å². The molecular weight excluding hydrogens is 417 g/mol. The number of urea groups is 1. The van der Waals surface area contributed by atoms with Gasteiger partial charge in [-0.15, -0.1) is 0 Å². The number of carboxylic acids is 1. The third-order valence-corrected chi connectivity index (χ3v) is 5.58. The molecule has 2 N–H and O–H groups in total. The van der Waals surface area contributed by atoms with Gasteiger partial charge in [-0.25, -0.2) is 14.0 Å². The number of carbonyl (C=O) groups excluding carboxylic acids is 2. The van der Waals surface area contributed by atoms with Gasteiger partial charge in [-0.3, -0.25) is 9.69 Å². The van der Waals surface area contributed by atoms with Crippen molar-refractivity contribution in [1.29, 1.82) is 0 Å². The first-order chi connectivity index (χ1) is 15.4. The summed E-state index contributed by atoms with van der Waals surface area (Å²) in [6, 6.07) is 10.3. The number of amides is 3. The second-order valence-corrected chi connectivity index (χ2v) is 7.50. The fraction of sp³-hybridized carbons (Fsp3) is 0.261. The number of carbonyl (C=O) groups is 3. The van der Waals surface area contributed by atoms with E-state index >= 15 is 0 Å². The maximum absolute atomic E-state index is 14.7. The quantitative estimate of drug-likeness (QED) is 0.763. The number of halogens is 1. The predicted octanol–water partition coefficient (Wildman–Crippen LogP) is 2.93. The lowest BCUT2D eigenvalue weighted by Crippen LogP contribution is -2.51. The maximum Gasteiger partial charge on any atom is 0.335 e. The minimum absolute atomic E-state index is 0.000355. The normalized spacial score (nSPS) is 19.1. The Hall–Kier alpha value is -3.72. The van der Waals surface area contributed by atoms with Crippen molar-refractivity contribution in [2.45, 2.75) is 13.0 Å². The molecule has 2 aliphatic rings. The van der Waals surface area contributed by atoms with Crippen LogP contribution in [0.5, 0.6) is 0 Å². The zero-order chi connectivity index (χ0) is 22.8. The molecule has 0 aliphatic carbocycles. The number of anilines is 1. The van der Waals surface area contributed by atoms with Crippen LogP contribution in [0.15, 0.2) is 59.8 Å². The number of nitrogens with zero attached hydrogens (tertiary/aromatic N) is 2. The molecule has 166 valence electrons. The van der Waals surface area contributed by atoms with Crippen molar-refractivity contribution in [2.75, 3.05) is 31.2 Å². The predicted molar refractivity (Wildman–Crippen MR) is 114 cm³/mol. The standard InChI is InChI=1S/C23H22FN3O5/c1-14-19(21(28)26-9-11-32-12-10-26)20(17-7-2-3-8-18(17)24)25-23(31)27(14)16-6-4-5-15(13-16)22(29)30/h2-8,13,20H,9-12H2,1H3,(H,25,31)(H,29,30)/t20-/m0/s1. The Kier molecular flexibility index (Phi) is 5.91. The summed E-state index contributed by atoms with van der Waals surface area (Å²) in [6.07, 6.45) is 0. The second kappa shape index (κ2) is 8.80. The average Bonchev–Trinajstić information content (AvgIpc) is 2.79. The van der Waals surface area contributed by atoms with Gasteiger partial charge in [0.05, 0.1) is 36.1 Å². The molecule has 3 amide bonds. The van der Waals surface area contributed by atoms with Crippen molar-refractivity contribution in [3.63, 3.8) is 0 Å². The second-order valence-electron chi connectivity index (χ2n) is 7.50. The van der Waals surface area contributed by atoms with E-state index in [0.717, 1.165) is 0 Å². The summed E-state index contributed by atoms with van der Waals surface area (Å²) in [6.45, 7) is 3.14. The molecular formula is C23H22FN3O5. The number of rotatable bonds is 4. The van der Waals surface area contributed by atoms with Crippen LogP contribution >= 0.6 is 0 Å². The largest absolute Gasteiger partial charge is 0.478 e. The summed E-state index contributed by atoms with van der Waals surface area (Å²) in [7, 11) is 0. The maximum atomic E-state index is 14.7. The van der Waals surface area contributed by atoms with Crippen molar-refractivity contribution in [1.82, 2.24) is 10.2 Å². The Labute approximate surface area is 183 Å². The van der Waals surface area contributed by atoms with E-state index in [2.05, 4.69) is 5.32 Å². The van der Waals surface area contributed by atoms with Gasteiger partial charge in [0, 0.05) is 24.4 Å². The van der Waals surface area contributed by atoms with Crippen molar-refractivity contribution in [3.8, 4) is 0 Å². The van der Waals surface area contributed by atoms with Crippen LogP contribution in [0.1, 0.15) is 28.9 Å². The Balaban J connectivity index is 1.85. The summed E-state index contributed by atoms with van der Waals surface area (Å²) in [5, 5.41) is 12.1. The number of ether oxygens (including phenoxy) is 1. The van der Waals surface area contributed by atoms with E-state index in [9.17, 15) is 23.9 Å². The number of nitrogens with one attached hydrogen (secondary N) is 1. The summed E-state index contributed by atoms with van der Waals surface area (Å²) < 4.78 is 20.0. The summed E-state index contributed by atoms with van der Waals surface area (Å²) >= 11 is 0. The van der Waals surface area contributed by atoms with Gasteiger partial charge in [0.2, 0.25) is 0 Å². The highest BCUT2D eigenvalue weighted by Gasteiger charge is 2.39. The van der Waals surface area contributed by atoms with E-state index in [0.29, 0.717) is 37.7 Å². The van der Waals surface area contributed by atoms with Gasteiger partial charge in [0.25, 0.3) is 5.91 Å². The SMILES string of the molecule is CC1=C(C(=O)N2CCOCC2)[C@H](c2ccccc2F)NC(=O)N1c1cccc(C(=O)O)c1. The van der Waals surface area contributed by atoms with Crippen LogP contribution < -0.4 is 10.2 Å². The van der Waals surface area contributed by atoms with E-state index in [4.69, 9.17) is 4.74 Å². The Morgan fingerprint density at radius 1 is 1.12 bits per heavy atom. The van der Waals surface area contributed by atoms with Crippen molar-refractivity contribution in [3.05, 3.63) is 76.7 Å². The Bertz CT molecular complexity index is 1110. The molecule has 0 spiro atoms. The minimum atomic E-state index is -1.14. The molecule has 1 atom stereocenters. The Morgan fingerprint density at radius 3 is 2.53 bits per heavy atom. The van der Waals surface area contributed by atoms with Gasteiger partial charge in [0.1, 0.15) is 5.82 Å². The number of morpholine rings is 1. The van der Waals surface area contributed by atoms with Crippen molar-refractivity contribution < 1.29 is 28.6 Å². The number of aromatic carboxylic acids is 1. The third-order valence-electron chi connectivity index (χ3n) is 5.58. The van der Waals surface area contributed by atoms with Gasteiger partial charge in [-0.05, 0) is 31.2 Å². The molecule has 0 unspecified atom stereocenters. The third kappa shape index (κ3) is 3.94. The molecule has 0 radical (unpaired) electrons. The van der Waals surface area contributed by atoms with Crippen LogP contribution in [0.2, 0.25) is 0 Å². The molecule has 4 rings (SSSR count). The lowest BCUT2D eigenvalue weighted by atomic mass is 9.93. The van der Waals surface area contributed by atoms with Gasteiger partial charge in [-0.2, -0.15) is 0 Å². The Morgan fingerprint density at radius 2 is 1.84 bits per heavy atom. The smallest absolute Gasteiger partial charge is 0.335 e. The molecule has 2 heterocycles. The monoisotopic (exact) mass is 439 g/mol. The van der Waals surface area contributed by atoms with Crippen LogP contribution in [-0.2, 0) is 9.53 Å². The molecule has 0 bridgehead atoms. The summed E-state index contributed by atoms with van der Waals surface area (Å²) in [5.74, 6) is -2.02. The molecule has 32 heavy (non-hydrogen) atoms. The van der Waals surface area contributed by atoms with Crippen LogP contribution in [0.3, 0.4) is 0 Å². The van der Waals surface area contributed by atoms with Crippen LogP contribution in [-0.4, -0.2) is 54.2 Å². The van der Waals surface area contributed by atoms with Crippen LogP contribution in [0, 0.1) is 5.82 Å². The number of allylic oxidation sites excluding steroid dienone is 1. The summed E-state index contributed by atoms with van der Waals surface area (Å²) in [5.41, 5.74) is 0.994. The molecule has 1 fully saturated rings. The van der Waals surface area contributed by atoms with Crippen molar-refractivity contribution in [2.24, 2.45) is 0 Å². The number of carboxylic acid groups (broad SMARTS) is 1. The van der Waals surface area contributed by atoms with Crippen molar-refractivity contribution >= 4 is 23.6 Å². The highest BCUT2D eigenvalue weighted by atomic mass is 19.1. The zero-order valence-electron chi connectivity index (χ0n) is 17.4. The first-order valence-corrected chi connectivity index (χ1v) is 10.1. The molecule has 9 heteroatoms. The topological polar surface area (TPSA) is 99.2 Å². The van der Waals surface area contributed by atoms with Crippen LogP contribution in [0.4, 0.5) is 14.9 Å². The molecule has 0 saturated carbocycles. The summed E-state index contributed by atoms with van der Waals surface area (Å²) in [4.78, 5) is 40.9. The zero-order valence-corrected chi connectivity index (χ0v) is 17.4. The lowest BCUT2D eigenvalue weighted by Gasteiger charge is -2.38. The number of hydrogen-bond donors (Lipinski definition) is 2. The van der Waals surface area contributed by atoms with E-state index in [1.165, 1.54) is 41.3 Å². The average molecular weight is 439 g/mol. The minimum Gasteiger partial charge on any atom is -0.478 e. The number of hydrogen-bond acceptors (Lipinski definition) is 4. The lowest BCUT2D eigenvalue weighted by molar-refractivity contribution is -0.131. The molecule has 0 aromatic heterocycles. The highest BCUT2D eigenvalue weighted by Crippen LogP contribution is 2.35. The van der Waals surface area contributed by atoms with E-state index in [1.54, 1.807) is 24.0 Å². The van der Waals surface area contributed by atoms with E-state index in [-0.39, 0.29) is 22.6 Å². The first-order valence-electron chi connectivity index (χ1n) is 10.1. The first kappa shape index (κ1) is 21.5. The molecule has 2 aromatic rings. The van der Waals surface area contributed by atoms with Gasteiger partial charge in [-0.1, -0.05) is 24.3 Å². The van der Waals surface area contributed by atoms with Gasteiger partial charge < -0.3 is 20.1 Å². The fourth-order valence-corrected chi connectivity index (χ4v) is 3.99. The van der Waals surface area contributed by atoms with Crippen LogP contribution in [0.25, 0.3) is 0 Å². The number of benzene rings is 2. The molecule has 8 nitrogen and oxygen atoms in total. The fourth-order valence-electron chi connectivity index (χ4n) is 3.99. The van der Waals surface area contributed by atoms with E-state index < -0.39 is 23.9 Å². The molecule has 2 aromatic carbocycles. The highest BCUT2D eigenvalue weighted by molar-refractivity contribution is 6.05. The van der Waals surface area contributed by atoms with Gasteiger partial charge >= 0.3 is 12.0 Å². The molecule has 2 aliphatic heterocycles. The van der Waals surface area contributed by atoms with E-state index in [1.807, 2.05) is 0 Å².